The molecular formula is C19H26N2O4. The molecule has 1 aliphatic carbocycles. The number of benzene rings is 1. The minimum atomic E-state index is -0.544. The molecule has 136 valence electrons. The van der Waals surface area contributed by atoms with Crippen LogP contribution in [-0.2, 0) is 19.1 Å². The molecule has 1 aromatic carbocycles. The summed E-state index contributed by atoms with van der Waals surface area (Å²) in [5, 5.41) is 5.60. The summed E-state index contributed by atoms with van der Waals surface area (Å²) in [5.74, 6) is -1.07. The number of carbonyl (C=O) groups excluding carboxylic acids is 3. The number of aryl methyl sites for hydroxylation is 1. The third kappa shape index (κ3) is 7.37. The first-order valence-corrected chi connectivity index (χ1v) is 8.84. The minimum Gasteiger partial charge on any atom is -0.456 e. The summed E-state index contributed by atoms with van der Waals surface area (Å²) in [6.45, 7) is 1.61. The average molecular weight is 346 g/mol. The van der Waals surface area contributed by atoms with Crippen LogP contribution in [-0.4, -0.2) is 30.4 Å². The van der Waals surface area contributed by atoms with E-state index < -0.39 is 11.9 Å². The summed E-state index contributed by atoms with van der Waals surface area (Å²) >= 11 is 0. The van der Waals surface area contributed by atoms with Crippen LogP contribution in [0.4, 0.5) is 5.69 Å². The van der Waals surface area contributed by atoms with E-state index in [0.717, 1.165) is 31.2 Å². The van der Waals surface area contributed by atoms with E-state index in [9.17, 15) is 14.4 Å². The fraction of sp³-hybridized carbons (Fsp3) is 0.526. The maximum Gasteiger partial charge on any atom is 0.306 e. The lowest BCUT2D eigenvalue weighted by atomic mass is 9.95. The molecule has 2 N–H and O–H groups in total. The molecule has 0 unspecified atom stereocenters. The van der Waals surface area contributed by atoms with Crippen LogP contribution in [0, 0.1) is 6.92 Å². The molecule has 0 radical (unpaired) electrons. The van der Waals surface area contributed by atoms with Crippen molar-refractivity contribution in [1.82, 2.24) is 5.32 Å². The lowest BCUT2D eigenvalue weighted by Crippen LogP contribution is -2.36. The SMILES string of the molecule is Cc1ccc(NC(=O)COC(=O)CCC(=O)NC2CCCCC2)cc1. The fourth-order valence-corrected chi connectivity index (χ4v) is 2.81. The summed E-state index contributed by atoms with van der Waals surface area (Å²) in [6, 6.07) is 7.56. The van der Waals surface area contributed by atoms with Crippen molar-refractivity contribution in [2.75, 3.05) is 11.9 Å². The van der Waals surface area contributed by atoms with Crippen molar-refractivity contribution < 1.29 is 19.1 Å². The van der Waals surface area contributed by atoms with Gasteiger partial charge in [-0.15, -0.1) is 0 Å². The molecule has 0 aromatic heterocycles. The van der Waals surface area contributed by atoms with Crippen molar-refractivity contribution in [3.05, 3.63) is 29.8 Å². The molecule has 0 heterocycles. The predicted octanol–water partition coefficient (Wildman–Crippen LogP) is 2.71. The summed E-state index contributed by atoms with van der Waals surface area (Å²) < 4.78 is 4.91. The van der Waals surface area contributed by atoms with Crippen molar-refractivity contribution >= 4 is 23.5 Å². The van der Waals surface area contributed by atoms with Gasteiger partial charge < -0.3 is 15.4 Å². The highest BCUT2D eigenvalue weighted by molar-refractivity contribution is 5.93. The van der Waals surface area contributed by atoms with Crippen molar-refractivity contribution in [2.45, 2.75) is 57.9 Å². The van der Waals surface area contributed by atoms with Crippen molar-refractivity contribution in [3.8, 4) is 0 Å². The van der Waals surface area contributed by atoms with Crippen molar-refractivity contribution in [3.63, 3.8) is 0 Å². The van der Waals surface area contributed by atoms with E-state index in [1.165, 1.54) is 6.42 Å². The summed E-state index contributed by atoms with van der Waals surface area (Å²) in [6.07, 6.45) is 5.60. The number of esters is 1. The molecule has 2 rings (SSSR count). The molecular weight excluding hydrogens is 320 g/mol. The summed E-state index contributed by atoms with van der Waals surface area (Å²) in [5.41, 5.74) is 1.74. The van der Waals surface area contributed by atoms with Gasteiger partial charge in [0.05, 0.1) is 6.42 Å². The second-order valence-electron chi connectivity index (χ2n) is 6.48. The Balaban J connectivity index is 1.60. The third-order valence-corrected chi connectivity index (χ3v) is 4.23. The zero-order chi connectivity index (χ0) is 18.1. The maximum absolute atomic E-state index is 11.8. The van der Waals surface area contributed by atoms with Gasteiger partial charge in [0.2, 0.25) is 5.91 Å². The second-order valence-corrected chi connectivity index (χ2v) is 6.48. The second kappa shape index (κ2) is 9.81. The number of carbonyl (C=O) groups is 3. The van der Waals surface area contributed by atoms with Gasteiger partial charge in [-0.2, -0.15) is 0 Å². The van der Waals surface area contributed by atoms with E-state index >= 15 is 0 Å². The molecule has 0 spiro atoms. The largest absolute Gasteiger partial charge is 0.456 e. The van der Waals surface area contributed by atoms with Crippen LogP contribution in [0.1, 0.15) is 50.5 Å². The normalized spacial score (nSPS) is 14.6. The van der Waals surface area contributed by atoms with Crippen LogP contribution in [0.25, 0.3) is 0 Å². The van der Waals surface area contributed by atoms with Crippen LogP contribution in [0.3, 0.4) is 0 Å². The van der Waals surface area contributed by atoms with E-state index in [0.29, 0.717) is 5.69 Å². The number of rotatable bonds is 7. The van der Waals surface area contributed by atoms with Crippen molar-refractivity contribution in [1.29, 1.82) is 0 Å². The summed E-state index contributed by atoms with van der Waals surface area (Å²) in [7, 11) is 0. The molecule has 0 aliphatic heterocycles. The average Bonchev–Trinajstić information content (AvgIpc) is 2.61. The highest BCUT2D eigenvalue weighted by atomic mass is 16.5. The molecule has 6 heteroatoms. The fourth-order valence-electron chi connectivity index (χ4n) is 2.81. The predicted molar refractivity (Wildman–Crippen MR) is 95.0 cm³/mol. The lowest BCUT2D eigenvalue weighted by Gasteiger charge is -2.22. The highest BCUT2D eigenvalue weighted by Crippen LogP contribution is 2.17. The lowest BCUT2D eigenvalue weighted by molar-refractivity contribution is -0.148. The number of hydrogen-bond donors (Lipinski definition) is 2. The Kier molecular flexibility index (Phi) is 7.44. The van der Waals surface area contributed by atoms with Crippen LogP contribution < -0.4 is 10.6 Å². The molecule has 0 atom stereocenters. The van der Waals surface area contributed by atoms with Crippen LogP contribution in [0.2, 0.25) is 0 Å². The Morgan fingerprint density at radius 3 is 2.36 bits per heavy atom. The molecule has 1 saturated carbocycles. The third-order valence-electron chi connectivity index (χ3n) is 4.23. The Hall–Kier alpha value is -2.37. The van der Waals surface area contributed by atoms with E-state index in [-0.39, 0.29) is 31.4 Å². The van der Waals surface area contributed by atoms with Crippen LogP contribution in [0.15, 0.2) is 24.3 Å². The first-order chi connectivity index (χ1) is 12.0. The van der Waals surface area contributed by atoms with E-state index in [1.54, 1.807) is 12.1 Å². The molecule has 1 aliphatic rings. The quantitative estimate of drug-likeness (QED) is 0.744. The molecule has 1 aromatic rings. The molecule has 0 bridgehead atoms. The van der Waals surface area contributed by atoms with Crippen molar-refractivity contribution in [2.24, 2.45) is 0 Å². The molecule has 2 amide bonds. The van der Waals surface area contributed by atoms with Gasteiger partial charge in [-0.3, -0.25) is 14.4 Å². The standard InChI is InChI=1S/C19H26N2O4/c1-14-7-9-16(10-8-14)21-18(23)13-25-19(24)12-11-17(22)20-15-5-3-2-4-6-15/h7-10,15H,2-6,11-13H2,1H3,(H,20,22)(H,21,23). The number of hydrogen-bond acceptors (Lipinski definition) is 4. The number of ether oxygens (including phenoxy) is 1. The van der Waals surface area contributed by atoms with Crippen LogP contribution >= 0.6 is 0 Å². The highest BCUT2D eigenvalue weighted by Gasteiger charge is 2.16. The number of anilines is 1. The summed E-state index contributed by atoms with van der Waals surface area (Å²) in [4.78, 5) is 35.2. The Morgan fingerprint density at radius 2 is 1.68 bits per heavy atom. The zero-order valence-corrected chi connectivity index (χ0v) is 14.7. The Labute approximate surface area is 148 Å². The van der Waals surface area contributed by atoms with E-state index in [1.807, 2.05) is 19.1 Å². The molecule has 1 fully saturated rings. The van der Waals surface area contributed by atoms with Gasteiger partial charge in [0, 0.05) is 18.2 Å². The number of nitrogens with one attached hydrogen (secondary N) is 2. The Morgan fingerprint density at radius 1 is 1.00 bits per heavy atom. The van der Waals surface area contributed by atoms with Gasteiger partial charge in [0.25, 0.3) is 5.91 Å². The number of amides is 2. The monoisotopic (exact) mass is 346 g/mol. The molecule has 25 heavy (non-hydrogen) atoms. The van der Waals surface area contributed by atoms with E-state index in [4.69, 9.17) is 4.74 Å². The topological polar surface area (TPSA) is 84.5 Å². The minimum absolute atomic E-state index is 0.0175. The van der Waals surface area contributed by atoms with E-state index in [2.05, 4.69) is 10.6 Å². The zero-order valence-electron chi connectivity index (χ0n) is 14.7. The van der Waals surface area contributed by atoms with Gasteiger partial charge in [0.15, 0.2) is 6.61 Å². The van der Waals surface area contributed by atoms with Gasteiger partial charge in [-0.25, -0.2) is 0 Å². The van der Waals surface area contributed by atoms with Gasteiger partial charge >= 0.3 is 5.97 Å². The van der Waals surface area contributed by atoms with Gasteiger partial charge in [-0.05, 0) is 31.9 Å². The molecule has 0 saturated heterocycles. The first kappa shape index (κ1) is 19.0. The first-order valence-electron chi connectivity index (χ1n) is 8.84. The van der Waals surface area contributed by atoms with Gasteiger partial charge in [0.1, 0.15) is 0 Å². The smallest absolute Gasteiger partial charge is 0.306 e. The molecule has 6 nitrogen and oxygen atoms in total. The van der Waals surface area contributed by atoms with Crippen LogP contribution in [0.5, 0.6) is 0 Å². The maximum atomic E-state index is 11.8. The van der Waals surface area contributed by atoms with Gasteiger partial charge in [-0.1, -0.05) is 37.0 Å². The Bertz CT molecular complexity index is 592.